The van der Waals surface area contributed by atoms with Crippen molar-refractivity contribution in [1.82, 2.24) is 9.73 Å². The molecule has 0 aliphatic carbocycles. The molecular formula is C18H18ClN3O4S. The number of carbonyl (C=O) groups is 1. The van der Waals surface area contributed by atoms with Crippen molar-refractivity contribution >= 4 is 33.7 Å². The van der Waals surface area contributed by atoms with Crippen LogP contribution < -0.4 is 5.43 Å². The number of nitrogens with zero attached hydrogens (tertiary/aromatic N) is 2. The molecule has 0 radical (unpaired) electrons. The monoisotopic (exact) mass is 407 g/mol. The standard InChI is InChI=1S/C18H18ClN3O4S/c19-15-5-8-17(23)14(11-15)12-20-21-18(24)13-3-6-16(7-4-13)27(25,26)22-9-1-2-10-22/h3-8,11-12,23H,1-2,9-10H2,(H,21,24)/b20-12+. The summed E-state index contributed by atoms with van der Waals surface area (Å²) >= 11 is 5.84. The van der Waals surface area contributed by atoms with Gasteiger partial charge in [0.15, 0.2) is 0 Å². The Bertz CT molecular complexity index is 969. The summed E-state index contributed by atoms with van der Waals surface area (Å²) in [7, 11) is -3.51. The van der Waals surface area contributed by atoms with Gasteiger partial charge in [0.1, 0.15) is 5.75 Å². The van der Waals surface area contributed by atoms with Gasteiger partial charge in [0, 0.05) is 29.2 Å². The van der Waals surface area contributed by atoms with Crippen molar-refractivity contribution in [1.29, 1.82) is 0 Å². The molecule has 1 fully saturated rings. The molecule has 7 nitrogen and oxygen atoms in total. The highest BCUT2D eigenvalue weighted by Crippen LogP contribution is 2.21. The summed E-state index contributed by atoms with van der Waals surface area (Å²) < 4.78 is 26.4. The van der Waals surface area contributed by atoms with Crippen LogP contribution in [0.15, 0.2) is 52.5 Å². The second-order valence-corrected chi connectivity index (χ2v) is 8.41. The Morgan fingerprint density at radius 3 is 2.48 bits per heavy atom. The fourth-order valence-electron chi connectivity index (χ4n) is 2.71. The van der Waals surface area contributed by atoms with Gasteiger partial charge in [0.25, 0.3) is 5.91 Å². The van der Waals surface area contributed by atoms with Gasteiger partial charge in [0.2, 0.25) is 10.0 Å². The number of nitrogens with one attached hydrogen (secondary N) is 1. The van der Waals surface area contributed by atoms with E-state index < -0.39 is 15.9 Å². The molecule has 142 valence electrons. The SMILES string of the molecule is O=C(N/N=C/c1cc(Cl)ccc1O)c1ccc(S(=O)(=O)N2CCCC2)cc1. The van der Waals surface area contributed by atoms with Crippen molar-refractivity contribution in [2.45, 2.75) is 17.7 Å². The third-order valence-electron chi connectivity index (χ3n) is 4.18. The highest BCUT2D eigenvalue weighted by atomic mass is 35.5. The van der Waals surface area contributed by atoms with E-state index in [1.54, 1.807) is 0 Å². The minimum Gasteiger partial charge on any atom is -0.507 e. The Morgan fingerprint density at radius 2 is 1.81 bits per heavy atom. The van der Waals surface area contributed by atoms with Crippen LogP contribution in [-0.4, -0.2) is 43.0 Å². The number of rotatable bonds is 5. The molecule has 2 aromatic rings. The number of hydrazone groups is 1. The van der Waals surface area contributed by atoms with Gasteiger partial charge in [-0.3, -0.25) is 4.79 Å². The first-order valence-corrected chi connectivity index (χ1v) is 10.1. The first-order chi connectivity index (χ1) is 12.9. The number of hydrogen-bond acceptors (Lipinski definition) is 5. The lowest BCUT2D eigenvalue weighted by Crippen LogP contribution is -2.28. The third kappa shape index (κ3) is 4.47. The Kier molecular flexibility index (Phi) is 5.79. The molecule has 1 saturated heterocycles. The Labute approximate surface area is 162 Å². The fourth-order valence-corrected chi connectivity index (χ4v) is 4.41. The molecule has 0 spiro atoms. The zero-order valence-corrected chi connectivity index (χ0v) is 15.9. The van der Waals surface area contributed by atoms with Crippen LogP contribution in [0.2, 0.25) is 5.02 Å². The zero-order chi connectivity index (χ0) is 19.4. The molecule has 0 atom stereocenters. The lowest BCUT2D eigenvalue weighted by Gasteiger charge is -2.15. The maximum absolute atomic E-state index is 12.5. The minimum absolute atomic E-state index is 0.0196. The first-order valence-electron chi connectivity index (χ1n) is 8.30. The summed E-state index contributed by atoms with van der Waals surface area (Å²) in [6, 6.07) is 10.2. The van der Waals surface area contributed by atoms with Crippen LogP contribution in [0, 0.1) is 0 Å². The summed E-state index contributed by atoms with van der Waals surface area (Å²) in [6.45, 7) is 1.05. The summed E-state index contributed by atoms with van der Waals surface area (Å²) in [4.78, 5) is 12.3. The molecule has 1 aliphatic rings. The maximum atomic E-state index is 12.5. The van der Waals surface area contributed by atoms with Gasteiger partial charge in [-0.1, -0.05) is 11.6 Å². The van der Waals surface area contributed by atoms with Crippen molar-refractivity contribution in [2.75, 3.05) is 13.1 Å². The van der Waals surface area contributed by atoms with Gasteiger partial charge in [0.05, 0.1) is 11.1 Å². The number of phenols is 1. The van der Waals surface area contributed by atoms with Gasteiger partial charge in [-0.05, 0) is 55.3 Å². The molecule has 9 heteroatoms. The quantitative estimate of drug-likeness (QED) is 0.587. The molecule has 0 bridgehead atoms. The van der Waals surface area contributed by atoms with Crippen molar-refractivity contribution in [3.8, 4) is 5.75 Å². The zero-order valence-electron chi connectivity index (χ0n) is 14.3. The highest BCUT2D eigenvalue weighted by molar-refractivity contribution is 7.89. The molecule has 0 aromatic heterocycles. The molecule has 0 unspecified atom stereocenters. The number of benzene rings is 2. The molecule has 2 aromatic carbocycles. The normalized spacial score (nSPS) is 15.3. The Morgan fingerprint density at radius 1 is 1.15 bits per heavy atom. The van der Waals surface area contributed by atoms with Crippen LogP contribution in [0.3, 0.4) is 0 Å². The van der Waals surface area contributed by atoms with Crippen LogP contribution in [0.25, 0.3) is 0 Å². The first kappa shape index (κ1) is 19.3. The Balaban J connectivity index is 1.67. The number of carbonyl (C=O) groups excluding carboxylic acids is 1. The number of sulfonamides is 1. The molecule has 3 rings (SSSR count). The van der Waals surface area contributed by atoms with E-state index >= 15 is 0 Å². The van der Waals surface area contributed by atoms with Crippen LogP contribution in [0.5, 0.6) is 5.75 Å². The van der Waals surface area contributed by atoms with E-state index in [0.717, 1.165) is 12.8 Å². The fraction of sp³-hybridized carbons (Fsp3) is 0.222. The van der Waals surface area contributed by atoms with Crippen LogP contribution in [0.4, 0.5) is 0 Å². The van der Waals surface area contributed by atoms with E-state index in [1.165, 1.54) is 53.0 Å². The smallest absolute Gasteiger partial charge is 0.271 e. The molecule has 1 amide bonds. The van der Waals surface area contributed by atoms with Crippen molar-refractivity contribution in [3.63, 3.8) is 0 Å². The number of halogens is 1. The van der Waals surface area contributed by atoms with E-state index in [1.807, 2.05) is 0 Å². The number of phenolic OH excluding ortho intramolecular Hbond substituents is 1. The topological polar surface area (TPSA) is 99.1 Å². The molecule has 0 saturated carbocycles. The molecule has 2 N–H and O–H groups in total. The lowest BCUT2D eigenvalue weighted by atomic mass is 10.2. The van der Waals surface area contributed by atoms with Crippen molar-refractivity contribution in [3.05, 3.63) is 58.6 Å². The van der Waals surface area contributed by atoms with E-state index in [-0.39, 0.29) is 16.2 Å². The van der Waals surface area contributed by atoms with Gasteiger partial charge in [-0.15, -0.1) is 0 Å². The van der Waals surface area contributed by atoms with Crippen LogP contribution in [-0.2, 0) is 10.0 Å². The average molecular weight is 408 g/mol. The lowest BCUT2D eigenvalue weighted by molar-refractivity contribution is 0.0955. The average Bonchev–Trinajstić information content (AvgIpc) is 3.20. The summed E-state index contributed by atoms with van der Waals surface area (Å²) in [5.41, 5.74) is 2.95. The number of amides is 1. The van der Waals surface area contributed by atoms with E-state index in [4.69, 9.17) is 11.6 Å². The summed E-state index contributed by atoms with van der Waals surface area (Å²) in [6.07, 6.45) is 2.99. The third-order valence-corrected chi connectivity index (χ3v) is 6.33. The number of hydrogen-bond donors (Lipinski definition) is 2. The van der Waals surface area contributed by atoms with Crippen LogP contribution in [0.1, 0.15) is 28.8 Å². The predicted molar refractivity (Wildman–Crippen MR) is 103 cm³/mol. The summed E-state index contributed by atoms with van der Waals surface area (Å²) in [5.74, 6) is -0.522. The van der Waals surface area contributed by atoms with Gasteiger partial charge in [-0.2, -0.15) is 9.41 Å². The second kappa shape index (κ2) is 8.08. The van der Waals surface area contributed by atoms with E-state index in [0.29, 0.717) is 23.7 Å². The maximum Gasteiger partial charge on any atom is 0.271 e. The van der Waals surface area contributed by atoms with E-state index in [2.05, 4.69) is 10.5 Å². The molecule has 27 heavy (non-hydrogen) atoms. The van der Waals surface area contributed by atoms with Crippen molar-refractivity contribution in [2.24, 2.45) is 5.10 Å². The molecule has 1 aliphatic heterocycles. The summed E-state index contributed by atoms with van der Waals surface area (Å²) in [5, 5.41) is 13.9. The second-order valence-electron chi connectivity index (χ2n) is 6.04. The van der Waals surface area contributed by atoms with Crippen molar-refractivity contribution < 1.29 is 18.3 Å². The molecule has 1 heterocycles. The highest BCUT2D eigenvalue weighted by Gasteiger charge is 2.27. The van der Waals surface area contributed by atoms with E-state index in [9.17, 15) is 18.3 Å². The van der Waals surface area contributed by atoms with Gasteiger partial charge in [-0.25, -0.2) is 13.8 Å². The van der Waals surface area contributed by atoms with Gasteiger partial charge >= 0.3 is 0 Å². The van der Waals surface area contributed by atoms with Gasteiger partial charge < -0.3 is 5.11 Å². The number of aromatic hydroxyl groups is 1. The largest absolute Gasteiger partial charge is 0.507 e. The van der Waals surface area contributed by atoms with Crippen LogP contribution >= 0.6 is 11.6 Å². The minimum atomic E-state index is -3.51. The Hall–Kier alpha value is -2.42. The molecular weight excluding hydrogens is 390 g/mol. The predicted octanol–water partition coefficient (Wildman–Crippen LogP) is 2.59.